The highest BCUT2D eigenvalue weighted by atomic mass is 35.5. The van der Waals surface area contributed by atoms with Gasteiger partial charge in [-0.3, -0.25) is 4.79 Å². The molecule has 11 nitrogen and oxygen atoms in total. The molecule has 2 N–H and O–H groups in total. The number of aryl methyl sites for hydroxylation is 1. The topological polar surface area (TPSA) is 132 Å². The van der Waals surface area contributed by atoms with Crippen molar-refractivity contribution in [1.82, 2.24) is 14.6 Å². The molecule has 1 aromatic heterocycles. The first-order valence-corrected chi connectivity index (χ1v) is 14.8. The average molecular weight is 664 g/mol. The number of aromatic nitrogens is 1. The lowest BCUT2D eigenvalue weighted by molar-refractivity contribution is -0.274. The number of nitrogens with one attached hydrogen (secondary N) is 1. The van der Waals surface area contributed by atoms with Crippen molar-refractivity contribution in [2.75, 3.05) is 43.5 Å². The molecule has 0 aliphatic carbocycles. The van der Waals surface area contributed by atoms with Gasteiger partial charge >= 0.3 is 12.3 Å². The van der Waals surface area contributed by atoms with Crippen LogP contribution in [0.15, 0.2) is 53.4 Å². The van der Waals surface area contributed by atoms with Crippen molar-refractivity contribution in [3.63, 3.8) is 0 Å². The van der Waals surface area contributed by atoms with Gasteiger partial charge in [-0.15, -0.1) is 25.6 Å². The number of amides is 1. The van der Waals surface area contributed by atoms with Crippen LogP contribution in [0.2, 0.25) is 0 Å². The van der Waals surface area contributed by atoms with Crippen molar-refractivity contribution in [2.45, 2.75) is 30.8 Å². The van der Waals surface area contributed by atoms with Crippen molar-refractivity contribution >= 4 is 56.5 Å². The van der Waals surface area contributed by atoms with E-state index >= 15 is 0 Å². The number of alkyl halides is 3. The van der Waals surface area contributed by atoms with Gasteiger partial charge in [0.2, 0.25) is 15.9 Å². The first-order chi connectivity index (χ1) is 19.7. The maximum absolute atomic E-state index is 13.6. The van der Waals surface area contributed by atoms with Crippen LogP contribution in [0, 0.1) is 6.92 Å². The lowest BCUT2D eigenvalue weighted by atomic mass is 10.1. The number of carboxylic acid groups (broad SMARTS) is 1. The third-order valence-corrected chi connectivity index (χ3v) is 9.60. The second kappa shape index (κ2) is 13.4. The Morgan fingerprint density at radius 2 is 1.74 bits per heavy atom. The highest BCUT2D eigenvalue weighted by molar-refractivity contribution is 7.89. The predicted molar refractivity (Wildman–Crippen MR) is 157 cm³/mol. The van der Waals surface area contributed by atoms with Crippen LogP contribution in [0.25, 0.3) is 0 Å². The van der Waals surface area contributed by atoms with Crippen LogP contribution in [0.4, 0.5) is 24.0 Å². The molecule has 2 aromatic carbocycles. The highest BCUT2D eigenvalue weighted by Gasteiger charge is 2.41. The summed E-state index contributed by atoms with van der Waals surface area (Å²) in [5, 5.41) is 12.5. The number of anilines is 2. The van der Waals surface area contributed by atoms with Gasteiger partial charge in [0.1, 0.15) is 16.7 Å². The molecule has 17 heteroatoms. The van der Waals surface area contributed by atoms with Gasteiger partial charge in [-0.2, -0.15) is 4.31 Å². The summed E-state index contributed by atoms with van der Waals surface area (Å²) in [6.07, 6.45) is -4.94. The molecule has 1 saturated heterocycles. The molecule has 1 atom stereocenters. The van der Waals surface area contributed by atoms with E-state index in [1.807, 2.05) is 43.3 Å². The van der Waals surface area contributed by atoms with Crippen LogP contribution in [-0.2, 0) is 21.4 Å². The number of rotatable bonds is 9. The maximum Gasteiger partial charge on any atom is 0.573 e. The van der Waals surface area contributed by atoms with Gasteiger partial charge in [0.15, 0.2) is 5.13 Å². The molecule has 0 radical (unpaired) electrons. The molecule has 234 valence electrons. The van der Waals surface area contributed by atoms with E-state index in [-0.39, 0.29) is 48.4 Å². The Morgan fingerprint density at radius 1 is 1.12 bits per heavy atom. The number of halogens is 4. The molecule has 43 heavy (non-hydrogen) atoms. The summed E-state index contributed by atoms with van der Waals surface area (Å²) in [5.41, 5.74) is 2.02. The quantitative estimate of drug-likeness (QED) is 0.352. The summed E-state index contributed by atoms with van der Waals surface area (Å²) < 4.78 is 69.8. The fraction of sp³-hybridized carbons (Fsp3) is 0.346. The number of thiazole rings is 1. The van der Waals surface area contributed by atoms with E-state index < -0.39 is 40.1 Å². The Balaban J connectivity index is 0.00000506. The predicted octanol–water partition coefficient (Wildman–Crippen LogP) is 3.73. The van der Waals surface area contributed by atoms with E-state index in [0.29, 0.717) is 10.8 Å². The lowest BCUT2D eigenvalue weighted by Crippen LogP contribution is -2.60. The van der Waals surface area contributed by atoms with E-state index in [2.05, 4.69) is 15.0 Å². The number of sulfonamides is 1. The minimum Gasteiger partial charge on any atom is -0.477 e. The molecule has 1 aliphatic heterocycles. The third kappa shape index (κ3) is 8.07. The van der Waals surface area contributed by atoms with E-state index in [1.165, 1.54) is 0 Å². The number of hydrogen-bond acceptors (Lipinski definition) is 9. The fourth-order valence-corrected chi connectivity index (χ4v) is 6.84. The average Bonchev–Trinajstić information content (AvgIpc) is 3.33. The molecule has 1 amide bonds. The monoisotopic (exact) mass is 663 g/mol. The smallest absolute Gasteiger partial charge is 0.477 e. The second-order valence-corrected chi connectivity index (χ2v) is 12.5. The van der Waals surface area contributed by atoms with Crippen LogP contribution in [-0.4, -0.2) is 80.8 Å². The molecular weight excluding hydrogens is 635 g/mol. The zero-order valence-corrected chi connectivity index (χ0v) is 25.6. The summed E-state index contributed by atoms with van der Waals surface area (Å²) in [4.78, 5) is 32.6. The highest BCUT2D eigenvalue weighted by Crippen LogP contribution is 2.31. The minimum atomic E-state index is -4.94. The number of carboxylic acids is 1. The third-order valence-electron chi connectivity index (χ3n) is 6.47. The molecule has 2 heterocycles. The van der Waals surface area contributed by atoms with Gasteiger partial charge in [0.05, 0.1) is 10.6 Å². The zero-order valence-electron chi connectivity index (χ0n) is 23.2. The molecule has 1 unspecified atom stereocenters. The summed E-state index contributed by atoms with van der Waals surface area (Å²) in [6, 6.07) is 9.87. The van der Waals surface area contributed by atoms with Crippen molar-refractivity contribution in [1.29, 1.82) is 0 Å². The first kappa shape index (κ1) is 33.9. The molecule has 1 fully saturated rings. The van der Waals surface area contributed by atoms with E-state index in [1.54, 1.807) is 11.8 Å². The van der Waals surface area contributed by atoms with Crippen molar-refractivity contribution in [3.05, 3.63) is 64.7 Å². The molecule has 0 spiro atoms. The molecule has 4 rings (SSSR count). The van der Waals surface area contributed by atoms with E-state index in [0.717, 1.165) is 51.2 Å². The Morgan fingerprint density at radius 3 is 2.28 bits per heavy atom. The normalized spacial score (nSPS) is 15.9. The van der Waals surface area contributed by atoms with Gasteiger partial charge in [0.25, 0.3) is 0 Å². The number of carbonyl (C=O) groups excluding carboxylic acids is 1. The van der Waals surface area contributed by atoms with Gasteiger partial charge in [0, 0.05) is 46.0 Å². The largest absolute Gasteiger partial charge is 0.573 e. The number of carbonyl (C=O) groups is 2. The molecule has 0 saturated carbocycles. The van der Waals surface area contributed by atoms with E-state index in [4.69, 9.17) is 0 Å². The summed E-state index contributed by atoms with van der Waals surface area (Å²) in [7, 11) is -0.565. The fourth-order valence-electron chi connectivity index (χ4n) is 4.32. The number of ether oxygens (including phenoxy) is 1. The van der Waals surface area contributed by atoms with Crippen LogP contribution in [0.3, 0.4) is 0 Å². The number of benzene rings is 2. The zero-order chi connectivity index (χ0) is 30.8. The van der Waals surface area contributed by atoms with Crippen LogP contribution < -0.4 is 19.9 Å². The number of hydrogen-bond donors (Lipinski definition) is 2. The molecular formula is C26H29ClF3N5O6S2. The Hall–Kier alpha value is -3.60. The number of aromatic carboxylic acids is 1. The summed E-state index contributed by atoms with van der Waals surface area (Å²) >= 11 is 0.919. The van der Waals surface area contributed by atoms with Gasteiger partial charge in [-0.1, -0.05) is 23.5 Å². The molecule has 1 aliphatic rings. The first-order valence-electron chi connectivity index (χ1n) is 12.5. The molecule has 0 bridgehead atoms. The molecule has 3 aromatic rings. The summed E-state index contributed by atoms with van der Waals surface area (Å²) in [6.45, 7) is 1.45. The Bertz CT molecular complexity index is 1550. The number of piperazine rings is 1. The summed E-state index contributed by atoms with van der Waals surface area (Å²) in [5.74, 6) is -2.34. The van der Waals surface area contributed by atoms with Crippen molar-refractivity contribution < 1.29 is 41.0 Å². The van der Waals surface area contributed by atoms with Crippen LogP contribution in [0.5, 0.6) is 5.75 Å². The van der Waals surface area contributed by atoms with Crippen molar-refractivity contribution in [2.24, 2.45) is 0 Å². The van der Waals surface area contributed by atoms with E-state index in [9.17, 15) is 36.3 Å². The van der Waals surface area contributed by atoms with Gasteiger partial charge in [-0.25, -0.2) is 18.2 Å². The Kier molecular flexibility index (Phi) is 10.5. The Labute approximate surface area is 256 Å². The van der Waals surface area contributed by atoms with Gasteiger partial charge in [-0.05, 0) is 48.9 Å². The maximum atomic E-state index is 13.6. The van der Waals surface area contributed by atoms with Gasteiger partial charge < -0.3 is 25.0 Å². The van der Waals surface area contributed by atoms with Crippen molar-refractivity contribution in [3.8, 4) is 5.75 Å². The SMILES string of the molecule is Cc1nc(N2CCN(S(=O)(=O)c3ccc(OC(F)(F)F)cc3)C(C(=O)NCc3ccc(N(C)C)cc3)C2)sc1C(=O)O.Cl. The van der Waals surface area contributed by atoms with Crippen LogP contribution in [0.1, 0.15) is 20.9 Å². The standard InChI is InChI=1S/C26H28F3N5O6S2.ClH/c1-16-22(24(36)37)41-25(31-16)33-12-13-34(42(38,39)20-10-8-19(9-11-20)40-26(27,28)29)21(15-33)23(35)30-14-17-4-6-18(7-5-17)32(2)3;/h4-11,21H,12-15H2,1-3H3,(H,30,35)(H,36,37);1H. The second-order valence-electron chi connectivity index (χ2n) is 9.59. The number of nitrogens with zero attached hydrogens (tertiary/aromatic N) is 4. The minimum absolute atomic E-state index is 0. The van der Waals surface area contributed by atoms with Crippen LogP contribution >= 0.6 is 23.7 Å². The lowest BCUT2D eigenvalue weighted by Gasteiger charge is -2.39.